The molecule has 1 heterocycles. The predicted molar refractivity (Wildman–Crippen MR) is 88.7 cm³/mol. The first-order valence-corrected chi connectivity index (χ1v) is 8.00. The van der Waals surface area contributed by atoms with Crippen molar-refractivity contribution in [3.8, 4) is 5.75 Å². The molecule has 1 N–H and O–H groups in total. The van der Waals surface area contributed by atoms with Crippen molar-refractivity contribution >= 4 is 11.9 Å². The Morgan fingerprint density at radius 2 is 1.88 bits per heavy atom. The molecule has 0 spiro atoms. The maximum atomic E-state index is 13.0. The van der Waals surface area contributed by atoms with Crippen molar-refractivity contribution in [3.05, 3.63) is 65.5 Å². The second-order valence-electron chi connectivity index (χ2n) is 5.94. The van der Waals surface area contributed by atoms with E-state index in [0.717, 1.165) is 5.56 Å². The van der Waals surface area contributed by atoms with E-state index in [0.29, 0.717) is 24.3 Å². The van der Waals surface area contributed by atoms with Gasteiger partial charge in [0.05, 0.1) is 0 Å². The molecule has 1 aliphatic heterocycles. The molecule has 3 rings (SSSR count). The number of amides is 1. The summed E-state index contributed by atoms with van der Waals surface area (Å²) in [6.45, 7) is 1.87. The fourth-order valence-electron chi connectivity index (χ4n) is 3.07. The highest BCUT2D eigenvalue weighted by Gasteiger charge is 2.37. The van der Waals surface area contributed by atoms with Gasteiger partial charge in [0.25, 0.3) is 5.91 Å². The van der Waals surface area contributed by atoms with Crippen LogP contribution in [0, 0.1) is 5.82 Å². The number of hydrogen-bond donors (Lipinski definition) is 1. The van der Waals surface area contributed by atoms with Crippen LogP contribution in [-0.4, -0.2) is 34.5 Å². The standard InChI is InChI=1S/C19H18FNO4/c1-12(25-15-8-6-14(20)7-9-15)18(22)21-11-10-13-4-2-3-5-16(13)17(21)19(23)24/h2-9,12,17H,10-11H2,1H3,(H,23,24). The van der Waals surface area contributed by atoms with Crippen LogP contribution < -0.4 is 4.74 Å². The molecule has 25 heavy (non-hydrogen) atoms. The molecule has 0 saturated heterocycles. The molecule has 0 aromatic heterocycles. The highest BCUT2D eigenvalue weighted by Crippen LogP contribution is 2.30. The molecule has 2 atom stereocenters. The average molecular weight is 343 g/mol. The predicted octanol–water partition coefficient (Wildman–Crippen LogP) is 2.80. The third-order valence-electron chi connectivity index (χ3n) is 4.27. The van der Waals surface area contributed by atoms with E-state index in [4.69, 9.17) is 4.74 Å². The molecule has 0 saturated carbocycles. The van der Waals surface area contributed by atoms with Gasteiger partial charge in [0.15, 0.2) is 12.1 Å². The number of carbonyl (C=O) groups excluding carboxylic acids is 1. The first kappa shape index (κ1) is 17.0. The number of carbonyl (C=O) groups is 2. The van der Waals surface area contributed by atoms with E-state index in [1.54, 1.807) is 19.1 Å². The van der Waals surface area contributed by atoms with Crippen LogP contribution in [0.15, 0.2) is 48.5 Å². The monoisotopic (exact) mass is 343 g/mol. The van der Waals surface area contributed by atoms with Crippen LogP contribution in [0.4, 0.5) is 4.39 Å². The average Bonchev–Trinajstić information content (AvgIpc) is 2.61. The van der Waals surface area contributed by atoms with Gasteiger partial charge in [0.1, 0.15) is 11.6 Å². The Kier molecular flexibility index (Phi) is 4.70. The number of hydrogen-bond acceptors (Lipinski definition) is 3. The molecular formula is C19H18FNO4. The van der Waals surface area contributed by atoms with E-state index in [-0.39, 0.29) is 0 Å². The minimum atomic E-state index is -1.07. The van der Waals surface area contributed by atoms with Crippen molar-refractivity contribution in [1.82, 2.24) is 4.90 Å². The number of fused-ring (bicyclic) bond motifs is 1. The Morgan fingerprint density at radius 1 is 1.20 bits per heavy atom. The lowest BCUT2D eigenvalue weighted by Crippen LogP contribution is -2.48. The van der Waals surface area contributed by atoms with Crippen molar-refractivity contribution in [2.75, 3.05) is 6.54 Å². The molecular weight excluding hydrogens is 325 g/mol. The highest BCUT2D eigenvalue weighted by atomic mass is 19.1. The summed E-state index contributed by atoms with van der Waals surface area (Å²) in [5, 5.41) is 9.63. The number of carboxylic acids is 1. The van der Waals surface area contributed by atoms with Crippen molar-refractivity contribution < 1.29 is 23.8 Å². The molecule has 1 aliphatic rings. The largest absolute Gasteiger partial charge is 0.481 e. The van der Waals surface area contributed by atoms with Crippen LogP contribution in [0.2, 0.25) is 0 Å². The summed E-state index contributed by atoms with van der Waals surface area (Å²) >= 11 is 0. The molecule has 0 fully saturated rings. The molecule has 0 radical (unpaired) electrons. The van der Waals surface area contributed by atoms with E-state index < -0.39 is 29.8 Å². The zero-order valence-corrected chi connectivity index (χ0v) is 13.7. The molecule has 2 aromatic rings. The summed E-state index contributed by atoms with van der Waals surface area (Å²) < 4.78 is 18.5. The van der Waals surface area contributed by atoms with Gasteiger partial charge in [-0.3, -0.25) is 4.79 Å². The zero-order chi connectivity index (χ0) is 18.0. The van der Waals surface area contributed by atoms with E-state index in [9.17, 15) is 19.1 Å². The Balaban J connectivity index is 1.81. The minimum absolute atomic E-state index is 0.309. The van der Waals surface area contributed by atoms with Crippen LogP contribution in [0.5, 0.6) is 5.75 Å². The van der Waals surface area contributed by atoms with Crippen LogP contribution in [0.3, 0.4) is 0 Å². The number of nitrogens with zero attached hydrogens (tertiary/aromatic N) is 1. The summed E-state index contributed by atoms with van der Waals surface area (Å²) in [5.74, 6) is -1.53. The smallest absolute Gasteiger partial charge is 0.331 e. The van der Waals surface area contributed by atoms with Gasteiger partial charge in [-0.25, -0.2) is 9.18 Å². The van der Waals surface area contributed by atoms with Crippen LogP contribution in [-0.2, 0) is 16.0 Å². The quantitative estimate of drug-likeness (QED) is 0.927. The van der Waals surface area contributed by atoms with Crippen molar-refractivity contribution in [2.45, 2.75) is 25.5 Å². The maximum Gasteiger partial charge on any atom is 0.331 e. The minimum Gasteiger partial charge on any atom is -0.481 e. The van der Waals surface area contributed by atoms with Gasteiger partial charge in [-0.1, -0.05) is 24.3 Å². The summed E-state index contributed by atoms with van der Waals surface area (Å²) in [6.07, 6.45) is -0.285. The van der Waals surface area contributed by atoms with Gasteiger partial charge in [0, 0.05) is 6.54 Å². The lowest BCUT2D eigenvalue weighted by Gasteiger charge is -2.36. The summed E-state index contributed by atoms with van der Waals surface area (Å²) in [5.41, 5.74) is 1.56. The van der Waals surface area contributed by atoms with Gasteiger partial charge in [-0.05, 0) is 48.7 Å². The Bertz CT molecular complexity index is 790. The Hall–Kier alpha value is -2.89. The van der Waals surface area contributed by atoms with Gasteiger partial charge in [0.2, 0.25) is 0 Å². The van der Waals surface area contributed by atoms with Gasteiger partial charge < -0.3 is 14.7 Å². The molecule has 130 valence electrons. The number of carboxylic acid groups (broad SMARTS) is 1. The van der Waals surface area contributed by atoms with E-state index in [1.165, 1.54) is 29.2 Å². The summed E-state index contributed by atoms with van der Waals surface area (Å²) in [7, 11) is 0. The fraction of sp³-hybridized carbons (Fsp3) is 0.263. The third-order valence-corrected chi connectivity index (χ3v) is 4.27. The summed E-state index contributed by atoms with van der Waals surface area (Å²) in [4.78, 5) is 25.9. The van der Waals surface area contributed by atoms with Crippen molar-refractivity contribution in [2.24, 2.45) is 0 Å². The van der Waals surface area contributed by atoms with E-state index >= 15 is 0 Å². The second-order valence-corrected chi connectivity index (χ2v) is 5.94. The lowest BCUT2D eigenvalue weighted by molar-refractivity contribution is -0.154. The van der Waals surface area contributed by atoms with Crippen LogP contribution in [0.25, 0.3) is 0 Å². The highest BCUT2D eigenvalue weighted by molar-refractivity contribution is 5.88. The molecule has 1 amide bonds. The van der Waals surface area contributed by atoms with Gasteiger partial charge >= 0.3 is 5.97 Å². The van der Waals surface area contributed by atoms with E-state index in [2.05, 4.69) is 0 Å². The summed E-state index contributed by atoms with van der Waals surface area (Å²) in [6, 6.07) is 11.5. The van der Waals surface area contributed by atoms with Crippen LogP contribution in [0.1, 0.15) is 24.1 Å². The van der Waals surface area contributed by atoms with Crippen LogP contribution >= 0.6 is 0 Å². The molecule has 6 heteroatoms. The number of halogens is 1. The van der Waals surface area contributed by atoms with Crippen molar-refractivity contribution in [3.63, 3.8) is 0 Å². The second kappa shape index (κ2) is 6.93. The molecule has 0 bridgehead atoms. The Labute approximate surface area is 144 Å². The van der Waals surface area contributed by atoms with Gasteiger partial charge in [-0.15, -0.1) is 0 Å². The number of ether oxygens (including phenoxy) is 1. The number of benzene rings is 2. The van der Waals surface area contributed by atoms with Crippen molar-refractivity contribution in [1.29, 1.82) is 0 Å². The molecule has 5 nitrogen and oxygen atoms in total. The Morgan fingerprint density at radius 3 is 2.56 bits per heavy atom. The van der Waals surface area contributed by atoms with Gasteiger partial charge in [-0.2, -0.15) is 0 Å². The fourth-order valence-corrected chi connectivity index (χ4v) is 3.07. The zero-order valence-electron chi connectivity index (χ0n) is 13.7. The molecule has 2 unspecified atom stereocenters. The number of aliphatic carboxylic acids is 1. The first-order chi connectivity index (χ1) is 12.0. The molecule has 0 aliphatic carbocycles. The first-order valence-electron chi connectivity index (χ1n) is 8.00. The van der Waals surface area contributed by atoms with E-state index in [1.807, 2.05) is 12.1 Å². The topological polar surface area (TPSA) is 66.8 Å². The SMILES string of the molecule is CC(Oc1ccc(F)cc1)C(=O)N1CCc2ccccc2C1C(=O)O. The number of rotatable bonds is 4. The lowest BCUT2D eigenvalue weighted by atomic mass is 9.92. The normalized spacial score (nSPS) is 17.5. The molecule has 2 aromatic carbocycles. The maximum absolute atomic E-state index is 13.0. The third kappa shape index (κ3) is 3.47.